The zero-order valence-corrected chi connectivity index (χ0v) is 13.5. The fourth-order valence-electron chi connectivity index (χ4n) is 2.82. The van der Waals surface area contributed by atoms with Crippen LogP contribution in [0.3, 0.4) is 0 Å². The number of ether oxygens (including phenoxy) is 1. The lowest BCUT2D eigenvalue weighted by atomic mass is 9.95. The van der Waals surface area contributed by atoms with Gasteiger partial charge < -0.3 is 10.1 Å². The van der Waals surface area contributed by atoms with Gasteiger partial charge in [0, 0.05) is 23.6 Å². The van der Waals surface area contributed by atoms with Gasteiger partial charge in [0.1, 0.15) is 0 Å². The number of nitrogens with zero attached hydrogens (tertiary/aromatic N) is 1. The van der Waals surface area contributed by atoms with E-state index in [2.05, 4.69) is 44.9 Å². The van der Waals surface area contributed by atoms with Crippen LogP contribution in [0, 0.1) is 19.8 Å². The largest absolute Gasteiger partial charge is 0.378 e. The molecule has 1 aromatic heterocycles. The van der Waals surface area contributed by atoms with Crippen LogP contribution in [0.4, 0.5) is 0 Å². The highest BCUT2D eigenvalue weighted by atomic mass is 32.1. The molecular formula is C15H26N2OS. The number of aromatic nitrogens is 1. The third-order valence-electron chi connectivity index (χ3n) is 3.88. The number of thiazole rings is 1. The summed E-state index contributed by atoms with van der Waals surface area (Å²) < 4.78 is 5.83. The summed E-state index contributed by atoms with van der Waals surface area (Å²) in [7, 11) is 0. The number of hydrogen-bond acceptors (Lipinski definition) is 4. The summed E-state index contributed by atoms with van der Waals surface area (Å²) >= 11 is 1.81. The minimum Gasteiger partial charge on any atom is -0.378 e. The maximum atomic E-state index is 5.83. The van der Waals surface area contributed by atoms with Gasteiger partial charge in [0.2, 0.25) is 0 Å². The van der Waals surface area contributed by atoms with Crippen molar-refractivity contribution < 1.29 is 4.74 Å². The topological polar surface area (TPSA) is 34.2 Å². The molecule has 19 heavy (non-hydrogen) atoms. The normalized spacial score (nSPS) is 25.8. The number of aryl methyl sites for hydroxylation is 2. The second-order valence-electron chi connectivity index (χ2n) is 5.95. The zero-order valence-electron chi connectivity index (χ0n) is 12.7. The van der Waals surface area contributed by atoms with Crippen molar-refractivity contribution in [3.8, 4) is 0 Å². The fraction of sp³-hybridized carbons (Fsp3) is 0.800. The van der Waals surface area contributed by atoms with Gasteiger partial charge in [-0.2, -0.15) is 0 Å². The van der Waals surface area contributed by atoms with Crippen LogP contribution in [0.1, 0.15) is 55.2 Å². The summed E-state index contributed by atoms with van der Waals surface area (Å²) in [6.07, 6.45) is 2.64. The van der Waals surface area contributed by atoms with E-state index in [-0.39, 0.29) is 0 Å². The van der Waals surface area contributed by atoms with Gasteiger partial charge in [0.25, 0.3) is 0 Å². The smallest absolute Gasteiger partial charge is 0.0900 e. The van der Waals surface area contributed by atoms with Crippen LogP contribution in [-0.2, 0) is 4.74 Å². The molecule has 0 bridgehead atoms. The van der Waals surface area contributed by atoms with Gasteiger partial charge in [-0.25, -0.2) is 4.98 Å². The molecule has 0 radical (unpaired) electrons. The molecule has 0 aliphatic carbocycles. The highest BCUT2D eigenvalue weighted by molar-refractivity contribution is 7.11. The number of nitrogens with one attached hydrogen (secondary N) is 1. The summed E-state index contributed by atoms with van der Waals surface area (Å²) in [4.78, 5) is 5.90. The second-order valence-corrected chi connectivity index (χ2v) is 7.18. The van der Waals surface area contributed by atoms with Crippen LogP contribution in [0.25, 0.3) is 0 Å². The molecule has 1 aromatic rings. The van der Waals surface area contributed by atoms with Crippen molar-refractivity contribution in [2.24, 2.45) is 5.92 Å². The lowest BCUT2D eigenvalue weighted by Crippen LogP contribution is -2.41. The summed E-state index contributed by atoms with van der Waals surface area (Å²) in [5.41, 5.74) is 1.18. The third kappa shape index (κ3) is 3.77. The Morgan fingerprint density at radius 3 is 2.63 bits per heavy atom. The van der Waals surface area contributed by atoms with Crippen molar-refractivity contribution >= 4 is 11.3 Å². The Morgan fingerprint density at radius 2 is 2.05 bits per heavy atom. The summed E-state index contributed by atoms with van der Waals surface area (Å²) in [6, 6.07) is 0.958. The van der Waals surface area contributed by atoms with Crippen LogP contribution in [-0.4, -0.2) is 23.7 Å². The first-order chi connectivity index (χ1) is 8.97. The molecule has 0 aromatic carbocycles. The molecule has 1 N–H and O–H groups in total. The predicted octanol–water partition coefficient (Wildman–Crippen LogP) is 3.61. The number of rotatable bonds is 4. The molecule has 4 heteroatoms. The van der Waals surface area contributed by atoms with Gasteiger partial charge in [-0.05, 0) is 39.5 Å². The Kier molecular flexibility index (Phi) is 4.98. The van der Waals surface area contributed by atoms with Gasteiger partial charge in [-0.15, -0.1) is 11.3 Å². The Balaban J connectivity index is 1.95. The van der Waals surface area contributed by atoms with Crippen LogP contribution in [0.15, 0.2) is 0 Å². The first-order valence-corrected chi connectivity index (χ1v) is 8.10. The van der Waals surface area contributed by atoms with E-state index in [0.29, 0.717) is 24.1 Å². The lowest BCUT2D eigenvalue weighted by Gasteiger charge is -2.34. The van der Waals surface area contributed by atoms with E-state index in [1.165, 1.54) is 10.6 Å². The van der Waals surface area contributed by atoms with E-state index in [1.54, 1.807) is 0 Å². The van der Waals surface area contributed by atoms with Crippen LogP contribution < -0.4 is 5.32 Å². The Hall–Kier alpha value is -0.450. The van der Waals surface area contributed by atoms with Gasteiger partial charge in [0.05, 0.1) is 16.8 Å². The zero-order chi connectivity index (χ0) is 14.0. The summed E-state index contributed by atoms with van der Waals surface area (Å²) in [6.45, 7) is 11.8. The van der Waals surface area contributed by atoms with Crippen LogP contribution in [0.2, 0.25) is 0 Å². The molecular weight excluding hydrogens is 256 g/mol. The highest BCUT2D eigenvalue weighted by Crippen LogP contribution is 2.27. The van der Waals surface area contributed by atoms with Crippen LogP contribution >= 0.6 is 11.3 Å². The highest BCUT2D eigenvalue weighted by Gasteiger charge is 2.26. The van der Waals surface area contributed by atoms with E-state index in [1.807, 2.05) is 11.3 Å². The van der Waals surface area contributed by atoms with Gasteiger partial charge in [-0.1, -0.05) is 13.8 Å². The minimum atomic E-state index is 0.391. The Labute approximate surface area is 120 Å². The average molecular weight is 282 g/mol. The average Bonchev–Trinajstić information content (AvgIpc) is 2.69. The second kappa shape index (κ2) is 6.33. The van der Waals surface area contributed by atoms with E-state index in [4.69, 9.17) is 4.74 Å². The fourth-order valence-corrected chi connectivity index (χ4v) is 3.76. The molecule has 0 amide bonds. The molecule has 1 saturated heterocycles. The van der Waals surface area contributed by atoms with Crippen LogP contribution in [0.5, 0.6) is 0 Å². The minimum absolute atomic E-state index is 0.391. The standard InChI is InChI=1S/C15H26N2OS/c1-9(2)14-8-13(6-7-18-14)17-11(4)15-10(3)16-12(5)19-15/h9,11,13-14,17H,6-8H2,1-5H3. The van der Waals surface area contributed by atoms with E-state index in [9.17, 15) is 0 Å². The van der Waals surface area contributed by atoms with Crippen molar-refractivity contribution in [1.82, 2.24) is 10.3 Å². The van der Waals surface area contributed by atoms with E-state index < -0.39 is 0 Å². The molecule has 3 atom stereocenters. The van der Waals surface area contributed by atoms with Crippen molar-refractivity contribution in [2.75, 3.05) is 6.61 Å². The molecule has 1 aliphatic heterocycles. The maximum absolute atomic E-state index is 5.83. The molecule has 108 valence electrons. The monoisotopic (exact) mass is 282 g/mol. The quantitative estimate of drug-likeness (QED) is 0.916. The molecule has 2 rings (SSSR count). The summed E-state index contributed by atoms with van der Waals surface area (Å²) in [5.74, 6) is 0.604. The van der Waals surface area contributed by atoms with Crippen molar-refractivity contribution in [2.45, 2.75) is 65.6 Å². The van der Waals surface area contributed by atoms with Gasteiger partial charge >= 0.3 is 0 Å². The molecule has 3 unspecified atom stereocenters. The first kappa shape index (κ1) is 14.9. The summed E-state index contributed by atoms with van der Waals surface area (Å²) in [5, 5.41) is 4.92. The SMILES string of the molecule is Cc1nc(C)c(C(C)NC2CCOC(C(C)C)C2)s1. The Morgan fingerprint density at radius 1 is 1.32 bits per heavy atom. The maximum Gasteiger partial charge on any atom is 0.0900 e. The Bertz CT molecular complexity index is 416. The molecule has 3 nitrogen and oxygen atoms in total. The number of hydrogen-bond donors (Lipinski definition) is 1. The molecule has 0 saturated carbocycles. The van der Waals surface area contributed by atoms with Gasteiger partial charge in [-0.3, -0.25) is 0 Å². The lowest BCUT2D eigenvalue weighted by molar-refractivity contribution is -0.0256. The molecule has 0 spiro atoms. The molecule has 1 fully saturated rings. The van der Waals surface area contributed by atoms with E-state index >= 15 is 0 Å². The van der Waals surface area contributed by atoms with Crippen molar-refractivity contribution in [1.29, 1.82) is 0 Å². The molecule has 1 aliphatic rings. The predicted molar refractivity (Wildman–Crippen MR) is 80.7 cm³/mol. The van der Waals surface area contributed by atoms with E-state index in [0.717, 1.165) is 24.5 Å². The third-order valence-corrected chi connectivity index (χ3v) is 5.13. The first-order valence-electron chi connectivity index (χ1n) is 7.29. The van der Waals surface area contributed by atoms with Gasteiger partial charge in [0.15, 0.2) is 0 Å². The van der Waals surface area contributed by atoms with Crippen molar-refractivity contribution in [3.63, 3.8) is 0 Å². The molecule has 2 heterocycles. The van der Waals surface area contributed by atoms with Crippen molar-refractivity contribution in [3.05, 3.63) is 15.6 Å².